The van der Waals surface area contributed by atoms with Crippen molar-refractivity contribution in [1.29, 1.82) is 0 Å². The van der Waals surface area contributed by atoms with Gasteiger partial charge < -0.3 is 10.6 Å². The minimum atomic E-state index is 0.720. The predicted molar refractivity (Wildman–Crippen MR) is 75.9 cm³/mol. The average molecular weight is 259 g/mol. The van der Waals surface area contributed by atoms with Crippen molar-refractivity contribution in [1.82, 2.24) is 19.5 Å². The Bertz CT molecular complexity index is 554. The Labute approximate surface area is 113 Å². The minimum Gasteiger partial charge on any atom is -0.399 e. The molecule has 5 nitrogen and oxygen atoms in total. The monoisotopic (exact) mass is 259 g/mol. The maximum Gasteiger partial charge on any atom is 0.157 e. The molecule has 0 amide bonds. The van der Waals surface area contributed by atoms with E-state index < -0.39 is 0 Å². The van der Waals surface area contributed by atoms with Gasteiger partial charge in [0.15, 0.2) is 11.5 Å². The lowest BCUT2D eigenvalue weighted by atomic mass is 9.93. The van der Waals surface area contributed by atoms with Crippen LogP contribution in [0.1, 0.15) is 25.6 Å². The number of hydrogen-bond donors (Lipinski definition) is 1. The normalized spacial score (nSPS) is 18.2. The summed E-state index contributed by atoms with van der Waals surface area (Å²) in [6.07, 6.45) is 5.37. The van der Waals surface area contributed by atoms with Gasteiger partial charge in [-0.2, -0.15) is 5.10 Å². The molecule has 0 spiro atoms. The van der Waals surface area contributed by atoms with Gasteiger partial charge in [0.2, 0.25) is 0 Å². The van der Waals surface area contributed by atoms with E-state index in [9.17, 15) is 0 Å². The molecule has 1 fully saturated rings. The molecule has 19 heavy (non-hydrogen) atoms. The molecular weight excluding hydrogens is 238 g/mol. The van der Waals surface area contributed by atoms with Crippen molar-refractivity contribution >= 4 is 11.3 Å². The number of rotatable bonds is 3. The molecule has 3 heterocycles. The van der Waals surface area contributed by atoms with Crippen molar-refractivity contribution in [2.45, 2.75) is 26.2 Å². The Balaban J connectivity index is 1.68. The van der Waals surface area contributed by atoms with Crippen molar-refractivity contribution in [3.63, 3.8) is 0 Å². The Morgan fingerprint density at radius 3 is 2.89 bits per heavy atom. The molecule has 3 rings (SSSR count). The third-order valence-electron chi connectivity index (χ3n) is 4.03. The zero-order valence-corrected chi connectivity index (χ0v) is 11.4. The molecule has 0 radical (unpaired) electrons. The second kappa shape index (κ2) is 5.17. The van der Waals surface area contributed by atoms with Crippen LogP contribution in [0.25, 0.3) is 5.65 Å². The first-order valence-electron chi connectivity index (χ1n) is 7.07. The lowest BCUT2D eigenvalue weighted by Crippen LogP contribution is -2.34. The number of nitrogen functional groups attached to an aromatic ring is 1. The second-order valence-electron chi connectivity index (χ2n) is 5.37. The van der Waals surface area contributed by atoms with E-state index in [1.807, 2.05) is 22.8 Å². The quantitative estimate of drug-likeness (QED) is 0.909. The molecule has 1 aliphatic rings. The van der Waals surface area contributed by atoms with Crippen LogP contribution >= 0.6 is 0 Å². The fraction of sp³-hybridized carbons (Fsp3) is 0.571. The molecule has 2 aromatic heterocycles. The molecule has 1 saturated heterocycles. The smallest absolute Gasteiger partial charge is 0.157 e. The number of piperidine rings is 1. The van der Waals surface area contributed by atoms with E-state index in [0.29, 0.717) is 0 Å². The van der Waals surface area contributed by atoms with Crippen molar-refractivity contribution < 1.29 is 0 Å². The number of nitrogens with zero attached hydrogens (tertiary/aromatic N) is 4. The number of nitrogens with two attached hydrogens (primary N) is 1. The van der Waals surface area contributed by atoms with Crippen molar-refractivity contribution in [2.24, 2.45) is 5.92 Å². The van der Waals surface area contributed by atoms with Crippen LogP contribution in [0.3, 0.4) is 0 Å². The number of hydrogen-bond acceptors (Lipinski definition) is 4. The van der Waals surface area contributed by atoms with Crippen LogP contribution in [0, 0.1) is 5.92 Å². The molecule has 5 heteroatoms. The van der Waals surface area contributed by atoms with E-state index in [-0.39, 0.29) is 0 Å². The van der Waals surface area contributed by atoms with Crippen LogP contribution in [-0.4, -0.2) is 39.1 Å². The van der Waals surface area contributed by atoms with Crippen LogP contribution in [-0.2, 0) is 6.42 Å². The zero-order valence-electron chi connectivity index (χ0n) is 11.4. The van der Waals surface area contributed by atoms with Crippen LogP contribution in [0.2, 0.25) is 0 Å². The molecule has 0 atom stereocenters. The molecule has 0 bridgehead atoms. The van der Waals surface area contributed by atoms with Gasteiger partial charge in [-0.15, -0.1) is 0 Å². The number of pyridine rings is 1. The lowest BCUT2D eigenvalue weighted by Gasteiger charge is -2.30. The highest BCUT2D eigenvalue weighted by Gasteiger charge is 2.20. The van der Waals surface area contributed by atoms with Crippen LogP contribution < -0.4 is 5.73 Å². The Kier molecular flexibility index (Phi) is 3.38. The molecule has 0 saturated carbocycles. The number of aromatic nitrogens is 3. The van der Waals surface area contributed by atoms with E-state index in [4.69, 9.17) is 5.73 Å². The molecule has 102 valence electrons. The number of anilines is 1. The summed E-state index contributed by atoms with van der Waals surface area (Å²) in [6, 6.07) is 3.72. The summed E-state index contributed by atoms with van der Waals surface area (Å²) in [7, 11) is 0. The summed E-state index contributed by atoms with van der Waals surface area (Å²) >= 11 is 0. The minimum absolute atomic E-state index is 0.720. The highest BCUT2D eigenvalue weighted by Crippen LogP contribution is 2.20. The van der Waals surface area contributed by atoms with Crippen LogP contribution in [0.15, 0.2) is 18.3 Å². The molecule has 2 N–H and O–H groups in total. The van der Waals surface area contributed by atoms with E-state index in [1.165, 1.54) is 32.5 Å². The van der Waals surface area contributed by atoms with Crippen molar-refractivity contribution in [2.75, 3.05) is 25.4 Å². The maximum absolute atomic E-state index is 5.76. The summed E-state index contributed by atoms with van der Waals surface area (Å²) in [5.74, 6) is 1.66. The molecule has 2 aromatic rings. The Morgan fingerprint density at radius 2 is 2.16 bits per heavy atom. The van der Waals surface area contributed by atoms with E-state index in [0.717, 1.165) is 29.5 Å². The van der Waals surface area contributed by atoms with Gasteiger partial charge in [-0.25, -0.2) is 9.50 Å². The summed E-state index contributed by atoms with van der Waals surface area (Å²) in [6.45, 7) is 5.82. The van der Waals surface area contributed by atoms with Gasteiger partial charge in [-0.3, -0.25) is 0 Å². The van der Waals surface area contributed by atoms with Gasteiger partial charge in [-0.05, 0) is 44.5 Å². The van der Waals surface area contributed by atoms with Gasteiger partial charge in [0, 0.05) is 24.4 Å². The first kappa shape index (κ1) is 12.4. The molecule has 1 aliphatic heterocycles. The van der Waals surface area contributed by atoms with Crippen LogP contribution in [0.5, 0.6) is 0 Å². The standard InChI is InChI=1S/C14H21N5/c1-2-18-6-3-11(4-7-18)9-13-16-14-10-12(15)5-8-19(14)17-13/h5,8,10-11H,2-4,6-7,9,15H2,1H3. The fourth-order valence-corrected chi connectivity index (χ4v) is 2.79. The highest BCUT2D eigenvalue weighted by atomic mass is 15.3. The highest BCUT2D eigenvalue weighted by molar-refractivity contribution is 5.50. The largest absolute Gasteiger partial charge is 0.399 e. The van der Waals surface area contributed by atoms with Crippen LogP contribution in [0.4, 0.5) is 5.69 Å². The summed E-state index contributed by atoms with van der Waals surface area (Å²) in [5, 5.41) is 4.52. The predicted octanol–water partition coefficient (Wildman–Crippen LogP) is 1.59. The lowest BCUT2D eigenvalue weighted by molar-refractivity contribution is 0.191. The number of fused-ring (bicyclic) bond motifs is 1. The van der Waals surface area contributed by atoms with E-state index in [2.05, 4.69) is 21.9 Å². The molecule has 0 unspecified atom stereocenters. The van der Waals surface area contributed by atoms with Gasteiger partial charge in [0.1, 0.15) is 0 Å². The van der Waals surface area contributed by atoms with Gasteiger partial charge >= 0.3 is 0 Å². The number of likely N-dealkylation sites (tertiary alicyclic amines) is 1. The summed E-state index contributed by atoms with van der Waals surface area (Å²) in [4.78, 5) is 7.07. The average Bonchev–Trinajstić information content (AvgIpc) is 2.81. The van der Waals surface area contributed by atoms with E-state index >= 15 is 0 Å². The SMILES string of the molecule is CCN1CCC(Cc2nc3cc(N)ccn3n2)CC1. The third-order valence-corrected chi connectivity index (χ3v) is 4.03. The second-order valence-corrected chi connectivity index (χ2v) is 5.37. The molecular formula is C14H21N5. The topological polar surface area (TPSA) is 59.5 Å². The summed E-state index contributed by atoms with van der Waals surface area (Å²) < 4.78 is 1.81. The third kappa shape index (κ3) is 2.71. The molecule has 0 aliphatic carbocycles. The van der Waals surface area contributed by atoms with Crippen molar-refractivity contribution in [3.05, 3.63) is 24.2 Å². The first-order chi connectivity index (χ1) is 9.24. The maximum atomic E-state index is 5.76. The summed E-state index contributed by atoms with van der Waals surface area (Å²) in [5.41, 5.74) is 7.35. The Morgan fingerprint density at radius 1 is 1.37 bits per heavy atom. The fourth-order valence-electron chi connectivity index (χ4n) is 2.79. The van der Waals surface area contributed by atoms with Gasteiger partial charge in [0.25, 0.3) is 0 Å². The Hall–Kier alpha value is -1.62. The van der Waals surface area contributed by atoms with E-state index in [1.54, 1.807) is 0 Å². The van der Waals surface area contributed by atoms with Gasteiger partial charge in [0.05, 0.1) is 0 Å². The first-order valence-corrected chi connectivity index (χ1v) is 7.07. The molecule has 0 aromatic carbocycles. The zero-order chi connectivity index (χ0) is 13.2. The van der Waals surface area contributed by atoms with Crippen molar-refractivity contribution in [3.8, 4) is 0 Å². The van der Waals surface area contributed by atoms with Gasteiger partial charge in [-0.1, -0.05) is 6.92 Å².